The van der Waals surface area contributed by atoms with Crippen molar-refractivity contribution in [2.45, 2.75) is 50.2 Å². The highest BCUT2D eigenvalue weighted by Gasteiger charge is 2.22. The monoisotopic (exact) mass is 398 g/mol. The number of sulfonamides is 1. The molecule has 0 spiro atoms. The Morgan fingerprint density at radius 1 is 1.30 bits per heavy atom. The number of esters is 1. The molecule has 0 unspecified atom stereocenters. The van der Waals surface area contributed by atoms with E-state index in [1.807, 2.05) is 6.92 Å². The van der Waals surface area contributed by atoms with E-state index >= 15 is 0 Å². The Bertz CT molecular complexity index is 742. The van der Waals surface area contributed by atoms with E-state index in [0.717, 1.165) is 19.3 Å². The Hall–Kier alpha value is -1.97. The van der Waals surface area contributed by atoms with E-state index in [1.165, 1.54) is 31.2 Å². The van der Waals surface area contributed by atoms with Crippen LogP contribution in [0.25, 0.3) is 0 Å². The van der Waals surface area contributed by atoms with Crippen LogP contribution in [0, 0.1) is 0 Å². The number of amides is 1. The summed E-state index contributed by atoms with van der Waals surface area (Å²) in [4.78, 5) is 23.9. The topological polar surface area (TPSA) is 111 Å². The first kappa shape index (κ1) is 21.3. The summed E-state index contributed by atoms with van der Waals surface area (Å²) in [6, 6.07) is 5.38. The molecule has 8 nitrogen and oxygen atoms in total. The van der Waals surface area contributed by atoms with Crippen molar-refractivity contribution in [1.82, 2.24) is 10.0 Å². The molecule has 1 aliphatic rings. The first-order valence-corrected chi connectivity index (χ1v) is 10.5. The predicted octanol–water partition coefficient (Wildman–Crippen LogP) is 1.22. The number of rotatable bonds is 9. The van der Waals surface area contributed by atoms with Crippen molar-refractivity contribution < 1.29 is 27.5 Å². The third-order valence-corrected chi connectivity index (χ3v) is 5.57. The van der Waals surface area contributed by atoms with Gasteiger partial charge in [0.05, 0.1) is 16.6 Å². The van der Waals surface area contributed by atoms with Crippen LogP contribution in [0.15, 0.2) is 29.2 Å². The molecule has 0 saturated carbocycles. The summed E-state index contributed by atoms with van der Waals surface area (Å²) < 4.78 is 37.6. The van der Waals surface area contributed by atoms with E-state index in [0.29, 0.717) is 13.2 Å². The summed E-state index contributed by atoms with van der Waals surface area (Å²) in [6.45, 7) is 4.78. The lowest BCUT2D eigenvalue weighted by Gasteiger charge is -2.14. The maximum Gasteiger partial charge on any atom is 0.338 e. The molecule has 150 valence electrons. The number of hydrogen-bond donors (Lipinski definition) is 2. The van der Waals surface area contributed by atoms with Crippen molar-refractivity contribution in [2.24, 2.45) is 0 Å². The normalized spacial score (nSPS) is 18.1. The van der Waals surface area contributed by atoms with E-state index in [9.17, 15) is 18.0 Å². The van der Waals surface area contributed by atoms with Crippen LogP contribution in [0.5, 0.6) is 0 Å². The standard InChI is InChI=1S/C18H26N2O6S/c1-3-10-19-17(21)13(2)26-18(22)14-6-8-16(9-7-14)27(23,24)20-12-15-5-4-11-25-15/h6-9,13,15,20H,3-5,10-12H2,1-2H3,(H,19,21)/t13-,15+/m1/s1. The predicted molar refractivity (Wildman–Crippen MR) is 98.8 cm³/mol. The largest absolute Gasteiger partial charge is 0.449 e. The van der Waals surface area contributed by atoms with Crippen LogP contribution in [0.2, 0.25) is 0 Å². The molecule has 2 rings (SSSR count). The zero-order chi connectivity index (χ0) is 19.9. The quantitative estimate of drug-likeness (QED) is 0.605. The van der Waals surface area contributed by atoms with Crippen molar-refractivity contribution in [3.63, 3.8) is 0 Å². The van der Waals surface area contributed by atoms with Gasteiger partial charge in [0.2, 0.25) is 10.0 Å². The minimum atomic E-state index is -3.68. The van der Waals surface area contributed by atoms with E-state index < -0.39 is 22.1 Å². The van der Waals surface area contributed by atoms with Crippen molar-refractivity contribution in [1.29, 1.82) is 0 Å². The van der Waals surface area contributed by atoms with Gasteiger partial charge in [-0.3, -0.25) is 4.79 Å². The third-order valence-electron chi connectivity index (χ3n) is 4.13. The fraction of sp³-hybridized carbons (Fsp3) is 0.556. The average molecular weight is 398 g/mol. The molecule has 0 radical (unpaired) electrons. The highest BCUT2D eigenvalue weighted by atomic mass is 32.2. The molecule has 2 N–H and O–H groups in total. The lowest BCUT2D eigenvalue weighted by atomic mass is 10.2. The van der Waals surface area contributed by atoms with Crippen LogP contribution in [0.4, 0.5) is 0 Å². The van der Waals surface area contributed by atoms with Gasteiger partial charge < -0.3 is 14.8 Å². The van der Waals surface area contributed by atoms with Gasteiger partial charge in [-0.15, -0.1) is 0 Å². The Labute approximate surface area is 159 Å². The lowest BCUT2D eigenvalue weighted by molar-refractivity contribution is -0.129. The molecule has 0 aromatic heterocycles. The molecule has 2 atom stereocenters. The highest BCUT2D eigenvalue weighted by Crippen LogP contribution is 2.14. The number of carbonyl (C=O) groups excluding carboxylic acids is 2. The number of carbonyl (C=O) groups is 2. The van der Waals surface area contributed by atoms with Crippen LogP contribution in [-0.2, 0) is 24.3 Å². The van der Waals surface area contributed by atoms with E-state index in [4.69, 9.17) is 9.47 Å². The summed E-state index contributed by atoms with van der Waals surface area (Å²) in [5.41, 5.74) is 0.170. The van der Waals surface area contributed by atoms with Crippen molar-refractivity contribution >= 4 is 21.9 Å². The molecule has 1 heterocycles. The smallest absolute Gasteiger partial charge is 0.338 e. The fourth-order valence-electron chi connectivity index (χ4n) is 2.54. The lowest BCUT2D eigenvalue weighted by Crippen LogP contribution is -2.36. The van der Waals surface area contributed by atoms with E-state index in [-0.39, 0.29) is 29.0 Å². The Morgan fingerprint density at radius 3 is 2.59 bits per heavy atom. The number of benzene rings is 1. The van der Waals surface area contributed by atoms with Gasteiger partial charge in [-0.25, -0.2) is 17.9 Å². The number of hydrogen-bond acceptors (Lipinski definition) is 6. The maximum absolute atomic E-state index is 12.3. The molecule has 1 fully saturated rings. The Morgan fingerprint density at radius 2 is 2.00 bits per heavy atom. The summed E-state index contributed by atoms with van der Waals surface area (Å²) in [6.07, 6.45) is 1.51. The minimum absolute atomic E-state index is 0.0470. The molecule has 9 heteroatoms. The molecule has 0 bridgehead atoms. The van der Waals surface area contributed by atoms with Gasteiger partial charge in [-0.1, -0.05) is 6.92 Å². The zero-order valence-corrected chi connectivity index (χ0v) is 16.4. The summed E-state index contributed by atoms with van der Waals surface area (Å²) in [5, 5.41) is 2.64. The molecule has 1 aromatic carbocycles. The van der Waals surface area contributed by atoms with Crippen molar-refractivity contribution in [3.8, 4) is 0 Å². The first-order valence-electron chi connectivity index (χ1n) is 9.03. The molecule has 1 aromatic rings. The summed E-state index contributed by atoms with van der Waals surface area (Å²) in [5.74, 6) is -1.06. The third kappa shape index (κ3) is 6.30. The SMILES string of the molecule is CCCNC(=O)[C@@H](C)OC(=O)c1ccc(S(=O)(=O)NC[C@@H]2CCCO2)cc1. The van der Waals surface area contributed by atoms with Crippen LogP contribution in [0.3, 0.4) is 0 Å². The van der Waals surface area contributed by atoms with Gasteiger partial charge in [0.1, 0.15) is 0 Å². The van der Waals surface area contributed by atoms with Crippen LogP contribution < -0.4 is 10.0 Å². The van der Waals surface area contributed by atoms with Crippen molar-refractivity contribution in [3.05, 3.63) is 29.8 Å². The van der Waals surface area contributed by atoms with Gasteiger partial charge in [-0.05, 0) is 50.5 Å². The first-order chi connectivity index (χ1) is 12.8. The Kier molecular flexibility index (Phi) is 7.76. The van der Waals surface area contributed by atoms with Gasteiger partial charge >= 0.3 is 5.97 Å². The molecule has 1 aliphatic heterocycles. The van der Waals surface area contributed by atoms with Gasteiger partial charge in [0.25, 0.3) is 5.91 Å². The second kappa shape index (κ2) is 9.82. The van der Waals surface area contributed by atoms with Crippen molar-refractivity contribution in [2.75, 3.05) is 19.7 Å². The van der Waals surface area contributed by atoms with E-state index in [2.05, 4.69) is 10.0 Å². The van der Waals surface area contributed by atoms with Crippen LogP contribution in [0.1, 0.15) is 43.5 Å². The number of nitrogens with one attached hydrogen (secondary N) is 2. The minimum Gasteiger partial charge on any atom is -0.449 e. The highest BCUT2D eigenvalue weighted by molar-refractivity contribution is 7.89. The molecule has 1 amide bonds. The summed E-state index contributed by atoms with van der Waals surface area (Å²) >= 11 is 0. The second-order valence-electron chi connectivity index (χ2n) is 6.35. The van der Waals surface area contributed by atoms with Crippen LogP contribution in [-0.4, -0.2) is 52.2 Å². The van der Waals surface area contributed by atoms with E-state index in [1.54, 1.807) is 0 Å². The van der Waals surface area contributed by atoms with Gasteiger partial charge in [-0.2, -0.15) is 0 Å². The number of ether oxygens (including phenoxy) is 2. The molecule has 1 saturated heterocycles. The summed E-state index contributed by atoms with van der Waals surface area (Å²) in [7, 11) is -3.68. The van der Waals surface area contributed by atoms with Gasteiger partial charge in [0.15, 0.2) is 6.10 Å². The Balaban J connectivity index is 1.92. The average Bonchev–Trinajstić information content (AvgIpc) is 3.18. The maximum atomic E-state index is 12.3. The molecular weight excluding hydrogens is 372 g/mol. The fourth-order valence-corrected chi connectivity index (χ4v) is 3.60. The molecule has 0 aliphatic carbocycles. The van der Waals surface area contributed by atoms with Crippen LogP contribution >= 0.6 is 0 Å². The van der Waals surface area contributed by atoms with Gasteiger partial charge in [0, 0.05) is 19.7 Å². The molecular formula is C18H26N2O6S. The second-order valence-corrected chi connectivity index (χ2v) is 8.12. The molecule has 27 heavy (non-hydrogen) atoms. The zero-order valence-electron chi connectivity index (χ0n) is 15.6.